The molecular formula is C22H24N2O4S. The summed E-state index contributed by atoms with van der Waals surface area (Å²) in [5, 5.41) is 5.82. The number of carbonyl (C=O) groups excluding carboxylic acids is 1. The third-order valence-corrected chi connectivity index (χ3v) is 6.31. The number of nitrogens with zero attached hydrogens (tertiary/aromatic N) is 1. The number of methoxy groups -OCH3 is 1. The Labute approximate surface area is 173 Å². The molecule has 1 aliphatic rings. The van der Waals surface area contributed by atoms with Gasteiger partial charge in [0.2, 0.25) is 5.91 Å². The Morgan fingerprint density at radius 2 is 2.03 bits per heavy atom. The minimum Gasteiger partial charge on any atom is -0.497 e. The van der Waals surface area contributed by atoms with Crippen LogP contribution in [0, 0.1) is 0 Å². The third-order valence-electron chi connectivity index (χ3n) is 5.40. The first-order valence-electron chi connectivity index (χ1n) is 9.66. The lowest BCUT2D eigenvalue weighted by molar-refractivity contribution is -0.121. The van der Waals surface area contributed by atoms with Crippen LogP contribution in [0.1, 0.15) is 24.1 Å². The largest absolute Gasteiger partial charge is 0.497 e. The Morgan fingerprint density at radius 3 is 2.72 bits per heavy atom. The molecule has 1 amide bonds. The molecule has 0 radical (unpaired) electrons. The fourth-order valence-corrected chi connectivity index (χ4v) is 4.46. The van der Waals surface area contributed by atoms with Crippen LogP contribution in [-0.2, 0) is 21.4 Å². The van der Waals surface area contributed by atoms with E-state index in [4.69, 9.17) is 13.9 Å². The SMILES string of the molecule is COc1ccc(C2(CNC(=O)Cc3csc(-c4ccco4)n3)CCOCC2)cc1. The maximum absolute atomic E-state index is 12.6. The number of benzene rings is 1. The molecule has 1 aliphatic heterocycles. The van der Waals surface area contributed by atoms with Gasteiger partial charge in [0.25, 0.3) is 0 Å². The van der Waals surface area contributed by atoms with Crippen LogP contribution in [0.5, 0.6) is 5.75 Å². The molecule has 0 unspecified atom stereocenters. The lowest BCUT2D eigenvalue weighted by Crippen LogP contribution is -2.45. The van der Waals surface area contributed by atoms with E-state index in [2.05, 4.69) is 22.4 Å². The van der Waals surface area contributed by atoms with E-state index in [1.165, 1.54) is 16.9 Å². The molecule has 152 valence electrons. The van der Waals surface area contributed by atoms with Gasteiger partial charge in [-0.2, -0.15) is 0 Å². The molecule has 7 heteroatoms. The molecule has 1 aromatic carbocycles. The normalized spacial score (nSPS) is 15.8. The second-order valence-electron chi connectivity index (χ2n) is 7.20. The Balaban J connectivity index is 1.41. The van der Waals surface area contributed by atoms with E-state index in [-0.39, 0.29) is 17.7 Å². The van der Waals surface area contributed by atoms with Crippen molar-refractivity contribution in [1.29, 1.82) is 0 Å². The molecule has 0 spiro atoms. The maximum Gasteiger partial charge on any atom is 0.226 e. The van der Waals surface area contributed by atoms with E-state index < -0.39 is 0 Å². The van der Waals surface area contributed by atoms with E-state index in [0.717, 1.165) is 35.1 Å². The Bertz CT molecular complexity index is 928. The van der Waals surface area contributed by atoms with Crippen LogP contribution >= 0.6 is 11.3 Å². The summed E-state index contributed by atoms with van der Waals surface area (Å²) >= 11 is 1.48. The summed E-state index contributed by atoms with van der Waals surface area (Å²) in [6.45, 7) is 1.97. The highest BCUT2D eigenvalue weighted by Gasteiger charge is 2.35. The van der Waals surface area contributed by atoms with E-state index in [1.54, 1.807) is 13.4 Å². The number of furan rings is 1. The predicted octanol–water partition coefficient (Wildman–Crippen LogP) is 3.82. The van der Waals surface area contributed by atoms with Crippen molar-refractivity contribution in [1.82, 2.24) is 10.3 Å². The summed E-state index contributed by atoms with van der Waals surface area (Å²) in [5.74, 6) is 1.53. The van der Waals surface area contributed by atoms with Gasteiger partial charge in [-0.3, -0.25) is 4.79 Å². The van der Waals surface area contributed by atoms with Crippen molar-refractivity contribution in [3.05, 3.63) is 59.3 Å². The molecule has 1 saturated heterocycles. The summed E-state index contributed by atoms with van der Waals surface area (Å²) in [5.41, 5.74) is 1.83. The van der Waals surface area contributed by atoms with Crippen molar-refractivity contribution in [2.45, 2.75) is 24.7 Å². The van der Waals surface area contributed by atoms with Crippen LogP contribution in [0.2, 0.25) is 0 Å². The fraction of sp³-hybridized carbons (Fsp3) is 0.364. The summed E-state index contributed by atoms with van der Waals surface area (Å²) < 4.78 is 16.2. The number of nitrogens with one attached hydrogen (secondary N) is 1. The summed E-state index contributed by atoms with van der Waals surface area (Å²) in [6, 6.07) is 11.8. The number of thiazole rings is 1. The summed E-state index contributed by atoms with van der Waals surface area (Å²) in [7, 11) is 1.66. The minimum absolute atomic E-state index is 0.0272. The average Bonchev–Trinajstić information content (AvgIpc) is 3.45. The van der Waals surface area contributed by atoms with E-state index >= 15 is 0 Å². The molecule has 2 aromatic heterocycles. The van der Waals surface area contributed by atoms with Crippen molar-refractivity contribution in [2.75, 3.05) is 26.9 Å². The first-order chi connectivity index (χ1) is 14.2. The lowest BCUT2D eigenvalue weighted by Gasteiger charge is -2.38. The van der Waals surface area contributed by atoms with Crippen molar-refractivity contribution in [3.8, 4) is 16.5 Å². The van der Waals surface area contributed by atoms with Crippen LogP contribution in [0.3, 0.4) is 0 Å². The van der Waals surface area contributed by atoms with E-state index in [1.807, 2.05) is 29.6 Å². The Kier molecular flexibility index (Phi) is 5.97. The molecule has 1 fully saturated rings. The molecule has 0 aliphatic carbocycles. The number of aromatic nitrogens is 1. The van der Waals surface area contributed by atoms with Crippen LogP contribution in [0.4, 0.5) is 0 Å². The molecule has 0 atom stereocenters. The smallest absolute Gasteiger partial charge is 0.226 e. The zero-order valence-corrected chi connectivity index (χ0v) is 17.2. The number of carbonyl (C=O) groups is 1. The first-order valence-corrected chi connectivity index (χ1v) is 10.5. The number of ether oxygens (including phenoxy) is 2. The highest BCUT2D eigenvalue weighted by molar-refractivity contribution is 7.13. The Morgan fingerprint density at radius 1 is 1.24 bits per heavy atom. The van der Waals surface area contributed by atoms with Gasteiger partial charge < -0.3 is 19.2 Å². The number of hydrogen-bond donors (Lipinski definition) is 1. The van der Waals surface area contributed by atoms with Gasteiger partial charge in [0.1, 0.15) is 5.75 Å². The molecule has 1 N–H and O–H groups in total. The zero-order chi connectivity index (χ0) is 20.1. The molecule has 0 bridgehead atoms. The molecule has 0 saturated carbocycles. The molecule has 3 aromatic rings. The average molecular weight is 413 g/mol. The monoisotopic (exact) mass is 412 g/mol. The molecular weight excluding hydrogens is 388 g/mol. The number of rotatable bonds is 7. The highest BCUT2D eigenvalue weighted by atomic mass is 32.1. The lowest BCUT2D eigenvalue weighted by atomic mass is 9.74. The van der Waals surface area contributed by atoms with Crippen molar-refractivity contribution >= 4 is 17.2 Å². The van der Waals surface area contributed by atoms with Crippen molar-refractivity contribution < 1.29 is 18.7 Å². The zero-order valence-electron chi connectivity index (χ0n) is 16.3. The summed E-state index contributed by atoms with van der Waals surface area (Å²) in [4.78, 5) is 17.1. The van der Waals surface area contributed by atoms with Gasteiger partial charge in [-0.15, -0.1) is 11.3 Å². The van der Waals surface area contributed by atoms with Crippen LogP contribution < -0.4 is 10.1 Å². The predicted molar refractivity (Wildman–Crippen MR) is 111 cm³/mol. The quantitative estimate of drug-likeness (QED) is 0.639. The van der Waals surface area contributed by atoms with E-state index in [9.17, 15) is 4.79 Å². The van der Waals surface area contributed by atoms with Crippen LogP contribution in [0.25, 0.3) is 10.8 Å². The van der Waals surface area contributed by atoms with Gasteiger partial charge in [0.05, 0.1) is 25.5 Å². The highest BCUT2D eigenvalue weighted by Crippen LogP contribution is 2.35. The van der Waals surface area contributed by atoms with E-state index in [0.29, 0.717) is 19.8 Å². The van der Waals surface area contributed by atoms with Crippen molar-refractivity contribution in [2.24, 2.45) is 0 Å². The Hall–Kier alpha value is -2.64. The molecule has 6 nitrogen and oxygen atoms in total. The van der Waals surface area contributed by atoms with Gasteiger partial charge in [-0.1, -0.05) is 12.1 Å². The van der Waals surface area contributed by atoms with Gasteiger partial charge in [-0.25, -0.2) is 4.98 Å². The van der Waals surface area contributed by atoms with Crippen molar-refractivity contribution in [3.63, 3.8) is 0 Å². The number of hydrogen-bond acceptors (Lipinski definition) is 6. The summed E-state index contributed by atoms with van der Waals surface area (Å²) in [6.07, 6.45) is 3.62. The standard InChI is InChI=1S/C22H24N2O4S/c1-26-18-6-4-16(5-7-18)22(8-11-27-12-9-22)15-23-20(25)13-17-14-29-21(24-17)19-3-2-10-28-19/h2-7,10,14H,8-9,11-13,15H2,1H3,(H,23,25). The van der Waals surface area contributed by atoms with Crippen LogP contribution in [0.15, 0.2) is 52.5 Å². The fourth-order valence-electron chi connectivity index (χ4n) is 3.67. The second-order valence-corrected chi connectivity index (χ2v) is 8.05. The molecule has 29 heavy (non-hydrogen) atoms. The molecule has 4 rings (SSSR count). The maximum atomic E-state index is 12.6. The first kappa shape index (κ1) is 19.7. The molecule has 3 heterocycles. The van der Waals surface area contributed by atoms with Crippen LogP contribution in [-0.4, -0.2) is 37.8 Å². The van der Waals surface area contributed by atoms with Gasteiger partial charge >= 0.3 is 0 Å². The second kappa shape index (κ2) is 8.80. The minimum atomic E-state index is -0.123. The van der Waals surface area contributed by atoms with Gasteiger partial charge in [0, 0.05) is 30.6 Å². The topological polar surface area (TPSA) is 73.6 Å². The third kappa shape index (κ3) is 4.52. The van der Waals surface area contributed by atoms with Gasteiger partial charge in [0.15, 0.2) is 10.8 Å². The van der Waals surface area contributed by atoms with Gasteiger partial charge in [-0.05, 0) is 42.7 Å². The number of amides is 1.